The maximum absolute atomic E-state index is 6.12. The molecule has 2 rings (SSSR count). The van der Waals surface area contributed by atoms with Crippen molar-refractivity contribution in [2.75, 3.05) is 6.54 Å². The third-order valence-electron chi connectivity index (χ3n) is 3.14. The lowest BCUT2D eigenvalue weighted by Gasteiger charge is -2.20. The zero-order valence-corrected chi connectivity index (χ0v) is 14.3. The molecule has 0 aliphatic carbocycles. The highest BCUT2D eigenvalue weighted by Gasteiger charge is 2.14. The number of rotatable bonds is 5. The van der Waals surface area contributed by atoms with E-state index in [1.807, 2.05) is 30.3 Å². The number of nitrogens with one attached hydrogen (secondary N) is 1. The third-order valence-corrected chi connectivity index (χ3v) is 4.35. The van der Waals surface area contributed by atoms with Gasteiger partial charge in [-0.15, -0.1) is 0 Å². The molecule has 20 heavy (non-hydrogen) atoms. The SMILES string of the molecule is CCNC(Cc1ccc(Cl)cc1)c1cc(Cl)ccc1Br. The van der Waals surface area contributed by atoms with E-state index >= 15 is 0 Å². The monoisotopic (exact) mass is 371 g/mol. The first kappa shape index (κ1) is 15.8. The lowest BCUT2D eigenvalue weighted by molar-refractivity contribution is 0.548. The van der Waals surface area contributed by atoms with Crippen molar-refractivity contribution in [1.82, 2.24) is 5.32 Å². The molecule has 0 radical (unpaired) electrons. The van der Waals surface area contributed by atoms with Crippen LogP contribution in [-0.2, 0) is 6.42 Å². The molecule has 1 unspecified atom stereocenters. The first-order valence-electron chi connectivity index (χ1n) is 6.53. The van der Waals surface area contributed by atoms with Crippen LogP contribution in [0, 0.1) is 0 Å². The van der Waals surface area contributed by atoms with Crippen molar-refractivity contribution in [3.8, 4) is 0 Å². The van der Waals surface area contributed by atoms with Crippen LogP contribution in [0.2, 0.25) is 10.0 Å². The van der Waals surface area contributed by atoms with Gasteiger partial charge in [-0.25, -0.2) is 0 Å². The summed E-state index contributed by atoms with van der Waals surface area (Å²) in [6, 6.07) is 14.1. The van der Waals surface area contributed by atoms with Gasteiger partial charge in [0.1, 0.15) is 0 Å². The number of hydrogen-bond donors (Lipinski definition) is 1. The summed E-state index contributed by atoms with van der Waals surface area (Å²) in [6.45, 7) is 3.00. The van der Waals surface area contributed by atoms with E-state index in [0.717, 1.165) is 27.5 Å². The van der Waals surface area contributed by atoms with Gasteiger partial charge in [0.15, 0.2) is 0 Å². The molecule has 0 aromatic heterocycles. The van der Waals surface area contributed by atoms with Crippen LogP contribution in [0.1, 0.15) is 24.1 Å². The van der Waals surface area contributed by atoms with E-state index in [0.29, 0.717) is 0 Å². The van der Waals surface area contributed by atoms with Gasteiger partial charge >= 0.3 is 0 Å². The van der Waals surface area contributed by atoms with Crippen LogP contribution < -0.4 is 5.32 Å². The van der Waals surface area contributed by atoms with Crippen LogP contribution in [0.3, 0.4) is 0 Å². The largest absolute Gasteiger partial charge is 0.310 e. The molecule has 0 amide bonds. The van der Waals surface area contributed by atoms with Crippen LogP contribution in [0.5, 0.6) is 0 Å². The molecular weight excluding hydrogens is 357 g/mol. The predicted molar refractivity (Wildman–Crippen MR) is 90.7 cm³/mol. The van der Waals surface area contributed by atoms with E-state index in [2.05, 4.69) is 40.3 Å². The Morgan fingerprint density at radius 2 is 1.70 bits per heavy atom. The zero-order valence-electron chi connectivity index (χ0n) is 11.2. The van der Waals surface area contributed by atoms with Crippen molar-refractivity contribution in [1.29, 1.82) is 0 Å². The molecule has 0 heterocycles. The van der Waals surface area contributed by atoms with Crippen molar-refractivity contribution < 1.29 is 0 Å². The van der Waals surface area contributed by atoms with Crippen LogP contribution >= 0.6 is 39.1 Å². The highest BCUT2D eigenvalue weighted by molar-refractivity contribution is 9.10. The molecule has 0 fully saturated rings. The second-order valence-electron chi connectivity index (χ2n) is 4.61. The summed E-state index contributed by atoms with van der Waals surface area (Å²) < 4.78 is 1.07. The lowest BCUT2D eigenvalue weighted by Crippen LogP contribution is -2.23. The lowest BCUT2D eigenvalue weighted by atomic mass is 9.99. The smallest absolute Gasteiger partial charge is 0.0410 e. The normalized spacial score (nSPS) is 12.4. The van der Waals surface area contributed by atoms with Gasteiger partial charge < -0.3 is 5.32 Å². The van der Waals surface area contributed by atoms with Crippen LogP contribution in [-0.4, -0.2) is 6.54 Å². The number of halogens is 3. The summed E-state index contributed by atoms with van der Waals surface area (Å²) >= 11 is 15.7. The minimum atomic E-state index is 0.217. The van der Waals surface area contributed by atoms with Crippen LogP contribution in [0.4, 0.5) is 0 Å². The molecule has 2 aromatic rings. The molecule has 0 bridgehead atoms. The quantitative estimate of drug-likeness (QED) is 0.714. The predicted octanol–water partition coefficient (Wildman–Crippen LogP) is 5.65. The van der Waals surface area contributed by atoms with Crippen molar-refractivity contribution in [3.05, 3.63) is 68.1 Å². The van der Waals surface area contributed by atoms with Gasteiger partial charge in [-0.3, -0.25) is 0 Å². The van der Waals surface area contributed by atoms with Crippen molar-refractivity contribution in [2.24, 2.45) is 0 Å². The van der Waals surface area contributed by atoms with E-state index < -0.39 is 0 Å². The first-order chi connectivity index (χ1) is 9.60. The van der Waals surface area contributed by atoms with E-state index in [4.69, 9.17) is 23.2 Å². The topological polar surface area (TPSA) is 12.0 Å². The maximum atomic E-state index is 6.12. The van der Waals surface area contributed by atoms with Crippen molar-refractivity contribution in [2.45, 2.75) is 19.4 Å². The summed E-state index contributed by atoms with van der Waals surface area (Å²) in [6.07, 6.45) is 0.893. The summed E-state index contributed by atoms with van der Waals surface area (Å²) in [5.74, 6) is 0. The third kappa shape index (κ3) is 4.23. The molecule has 1 atom stereocenters. The van der Waals surface area contributed by atoms with Gasteiger partial charge in [-0.1, -0.05) is 58.2 Å². The minimum Gasteiger partial charge on any atom is -0.310 e. The Balaban J connectivity index is 2.26. The van der Waals surface area contributed by atoms with Gasteiger partial charge in [0.25, 0.3) is 0 Å². The molecule has 0 aliphatic rings. The zero-order chi connectivity index (χ0) is 14.5. The van der Waals surface area contributed by atoms with E-state index in [1.165, 1.54) is 11.1 Å². The fraction of sp³-hybridized carbons (Fsp3) is 0.250. The summed E-state index contributed by atoms with van der Waals surface area (Å²) in [7, 11) is 0. The van der Waals surface area contributed by atoms with E-state index in [-0.39, 0.29) is 6.04 Å². The molecular formula is C16H16BrCl2N. The number of likely N-dealkylation sites (N-methyl/N-ethyl adjacent to an activating group) is 1. The molecule has 0 saturated heterocycles. The highest BCUT2D eigenvalue weighted by Crippen LogP contribution is 2.29. The van der Waals surface area contributed by atoms with E-state index in [1.54, 1.807) is 0 Å². The second-order valence-corrected chi connectivity index (χ2v) is 6.33. The van der Waals surface area contributed by atoms with Gasteiger partial charge in [0.2, 0.25) is 0 Å². The van der Waals surface area contributed by atoms with Gasteiger partial charge in [0.05, 0.1) is 0 Å². The molecule has 0 spiro atoms. The minimum absolute atomic E-state index is 0.217. The average molecular weight is 373 g/mol. The molecule has 0 aliphatic heterocycles. The Labute approximate surface area is 138 Å². The van der Waals surface area contributed by atoms with Gasteiger partial charge in [0, 0.05) is 20.6 Å². The summed E-state index contributed by atoms with van der Waals surface area (Å²) in [5, 5.41) is 5.02. The number of hydrogen-bond acceptors (Lipinski definition) is 1. The van der Waals surface area contributed by atoms with Crippen LogP contribution in [0.15, 0.2) is 46.9 Å². The summed E-state index contributed by atoms with van der Waals surface area (Å²) in [5.41, 5.74) is 2.42. The molecule has 106 valence electrons. The first-order valence-corrected chi connectivity index (χ1v) is 8.08. The Bertz CT molecular complexity index is 569. The van der Waals surface area contributed by atoms with Gasteiger partial charge in [-0.2, -0.15) is 0 Å². The van der Waals surface area contributed by atoms with Crippen molar-refractivity contribution in [3.63, 3.8) is 0 Å². The van der Waals surface area contributed by atoms with Crippen LogP contribution in [0.25, 0.3) is 0 Å². The standard InChI is InChI=1S/C16H16BrCl2N/c1-2-20-16(9-11-3-5-12(18)6-4-11)14-10-13(19)7-8-15(14)17/h3-8,10,16,20H,2,9H2,1H3. The molecule has 1 N–H and O–H groups in total. The van der Waals surface area contributed by atoms with Crippen molar-refractivity contribution >= 4 is 39.1 Å². The average Bonchev–Trinajstić information content (AvgIpc) is 2.43. The fourth-order valence-corrected chi connectivity index (χ4v) is 3.01. The molecule has 4 heteroatoms. The Kier molecular flexibility index (Phi) is 5.91. The Morgan fingerprint density at radius 3 is 2.35 bits per heavy atom. The van der Waals surface area contributed by atoms with E-state index in [9.17, 15) is 0 Å². The molecule has 1 nitrogen and oxygen atoms in total. The molecule has 0 saturated carbocycles. The fourth-order valence-electron chi connectivity index (χ4n) is 2.18. The Hall–Kier alpha value is -0.540. The highest BCUT2D eigenvalue weighted by atomic mass is 79.9. The Morgan fingerprint density at radius 1 is 1.05 bits per heavy atom. The second kappa shape index (κ2) is 7.46. The summed E-state index contributed by atoms with van der Waals surface area (Å²) in [4.78, 5) is 0. The number of benzene rings is 2. The molecule has 2 aromatic carbocycles. The maximum Gasteiger partial charge on any atom is 0.0410 e. The van der Waals surface area contributed by atoms with Gasteiger partial charge in [-0.05, 0) is 54.4 Å².